The van der Waals surface area contributed by atoms with Crippen LogP contribution >= 0.6 is 0 Å². The Hall–Kier alpha value is -1.38. The molecule has 2 aromatic rings. The Bertz CT molecular complexity index is 451. The van der Waals surface area contributed by atoms with E-state index in [2.05, 4.69) is 41.4 Å². The molecule has 0 aromatic carbocycles. The first kappa shape index (κ1) is 10.1. The first-order chi connectivity index (χ1) is 7.06. The number of nitrogens with zero attached hydrogens (tertiary/aromatic N) is 3. The van der Waals surface area contributed by atoms with Gasteiger partial charge in [0.05, 0.1) is 11.8 Å². The summed E-state index contributed by atoms with van der Waals surface area (Å²) in [6.07, 6.45) is 4.81. The van der Waals surface area contributed by atoms with Crippen molar-refractivity contribution in [2.45, 2.75) is 33.7 Å². The van der Waals surface area contributed by atoms with Crippen LogP contribution in [0.3, 0.4) is 0 Å². The van der Waals surface area contributed by atoms with Gasteiger partial charge >= 0.3 is 0 Å². The molecule has 0 aliphatic rings. The second kappa shape index (κ2) is 3.65. The summed E-state index contributed by atoms with van der Waals surface area (Å²) in [6, 6.07) is 4.02. The Kier molecular flexibility index (Phi) is 2.47. The third kappa shape index (κ3) is 2.35. The molecule has 15 heavy (non-hydrogen) atoms. The lowest BCUT2D eigenvalue weighted by Crippen LogP contribution is -2.09. The van der Waals surface area contributed by atoms with Gasteiger partial charge in [-0.1, -0.05) is 20.8 Å². The van der Waals surface area contributed by atoms with Crippen LogP contribution in [0.25, 0.3) is 11.2 Å². The summed E-state index contributed by atoms with van der Waals surface area (Å²) in [7, 11) is 0. The normalized spacial score (nSPS) is 12.2. The quantitative estimate of drug-likeness (QED) is 0.751. The minimum absolute atomic E-state index is 0.360. The summed E-state index contributed by atoms with van der Waals surface area (Å²) in [4.78, 5) is 8.49. The zero-order valence-corrected chi connectivity index (χ0v) is 9.57. The molecule has 0 bridgehead atoms. The molecular weight excluding hydrogens is 186 g/mol. The summed E-state index contributed by atoms with van der Waals surface area (Å²) in [5, 5.41) is 0. The third-order valence-corrected chi connectivity index (χ3v) is 2.50. The van der Waals surface area contributed by atoms with Crippen LogP contribution in [0.1, 0.15) is 27.2 Å². The zero-order valence-electron chi connectivity index (χ0n) is 9.57. The van der Waals surface area contributed by atoms with Crippen LogP contribution in [-0.4, -0.2) is 14.5 Å². The van der Waals surface area contributed by atoms with Crippen molar-refractivity contribution < 1.29 is 0 Å². The fraction of sp³-hybridized carbons (Fsp3) is 0.500. The maximum atomic E-state index is 4.27. The van der Waals surface area contributed by atoms with E-state index in [1.165, 1.54) is 0 Å². The van der Waals surface area contributed by atoms with E-state index in [-0.39, 0.29) is 0 Å². The zero-order chi connectivity index (χ0) is 10.9. The minimum Gasteiger partial charge on any atom is -0.329 e. The molecule has 0 saturated carbocycles. The molecule has 2 aromatic heterocycles. The molecule has 2 heterocycles. The molecule has 0 fully saturated rings. The Labute approximate surface area is 90.2 Å². The van der Waals surface area contributed by atoms with Crippen LogP contribution in [0, 0.1) is 5.41 Å². The van der Waals surface area contributed by atoms with Gasteiger partial charge in [-0.15, -0.1) is 0 Å². The van der Waals surface area contributed by atoms with E-state index >= 15 is 0 Å². The molecule has 2 rings (SSSR count). The van der Waals surface area contributed by atoms with Crippen molar-refractivity contribution in [1.29, 1.82) is 0 Å². The lowest BCUT2D eigenvalue weighted by molar-refractivity contribution is 0.352. The maximum absolute atomic E-state index is 4.27. The molecule has 3 nitrogen and oxygen atoms in total. The average Bonchev–Trinajstić information content (AvgIpc) is 2.57. The molecule has 0 aliphatic carbocycles. The van der Waals surface area contributed by atoms with Crippen LogP contribution in [0.5, 0.6) is 0 Å². The Morgan fingerprint density at radius 3 is 2.80 bits per heavy atom. The summed E-state index contributed by atoms with van der Waals surface area (Å²) in [6.45, 7) is 7.77. The molecule has 0 unspecified atom stereocenters. The van der Waals surface area contributed by atoms with Crippen molar-refractivity contribution in [2.75, 3.05) is 0 Å². The standard InChI is InChI=1S/C12H17N3/c1-12(2,3)6-8-15-9-14-11-10(15)5-4-7-13-11/h4-5,7,9H,6,8H2,1-3H3. The van der Waals surface area contributed by atoms with E-state index in [9.17, 15) is 0 Å². The van der Waals surface area contributed by atoms with Gasteiger partial charge in [-0.3, -0.25) is 0 Å². The smallest absolute Gasteiger partial charge is 0.177 e. The Balaban J connectivity index is 2.22. The number of pyridine rings is 1. The van der Waals surface area contributed by atoms with Crippen LogP contribution < -0.4 is 0 Å². The molecule has 80 valence electrons. The van der Waals surface area contributed by atoms with Crippen molar-refractivity contribution in [2.24, 2.45) is 5.41 Å². The number of hydrogen-bond donors (Lipinski definition) is 0. The minimum atomic E-state index is 0.360. The van der Waals surface area contributed by atoms with Crippen LogP contribution in [0.15, 0.2) is 24.7 Å². The number of aromatic nitrogens is 3. The number of fused-ring (bicyclic) bond motifs is 1. The van der Waals surface area contributed by atoms with Gasteiger partial charge in [-0.2, -0.15) is 0 Å². The molecule has 0 saturated heterocycles. The Morgan fingerprint density at radius 2 is 2.07 bits per heavy atom. The molecule has 0 aliphatic heterocycles. The van der Waals surface area contributed by atoms with E-state index in [1.54, 1.807) is 6.20 Å². The van der Waals surface area contributed by atoms with Gasteiger partial charge in [0.1, 0.15) is 0 Å². The van der Waals surface area contributed by atoms with Crippen LogP contribution in [0.2, 0.25) is 0 Å². The summed E-state index contributed by atoms with van der Waals surface area (Å²) in [5.41, 5.74) is 2.33. The van der Waals surface area contributed by atoms with Crippen molar-refractivity contribution in [1.82, 2.24) is 14.5 Å². The fourth-order valence-corrected chi connectivity index (χ4v) is 1.53. The predicted molar refractivity (Wildman–Crippen MR) is 61.6 cm³/mol. The van der Waals surface area contributed by atoms with Gasteiger partial charge in [-0.25, -0.2) is 9.97 Å². The number of rotatable bonds is 2. The highest BCUT2D eigenvalue weighted by molar-refractivity contribution is 5.70. The van der Waals surface area contributed by atoms with Gasteiger partial charge in [0.2, 0.25) is 0 Å². The van der Waals surface area contributed by atoms with Crippen molar-refractivity contribution in [3.05, 3.63) is 24.7 Å². The molecule has 0 N–H and O–H groups in total. The lowest BCUT2D eigenvalue weighted by Gasteiger charge is -2.18. The number of imidazole rings is 1. The highest BCUT2D eigenvalue weighted by atomic mass is 15.1. The largest absolute Gasteiger partial charge is 0.329 e. The second-order valence-corrected chi connectivity index (χ2v) is 5.09. The van der Waals surface area contributed by atoms with Gasteiger partial charge in [0.15, 0.2) is 5.65 Å². The predicted octanol–water partition coefficient (Wildman–Crippen LogP) is 2.87. The lowest BCUT2D eigenvalue weighted by atomic mass is 9.92. The van der Waals surface area contributed by atoms with E-state index < -0.39 is 0 Å². The first-order valence-electron chi connectivity index (χ1n) is 5.32. The SMILES string of the molecule is CC(C)(C)CCn1cnc2ncccc21. The molecule has 0 atom stereocenters. The fourth-order valence-electron chi connectivity index (χ4n) is 1.53. The summed E-state index contributed by atoms with van der Waals surface area (Å²) < 4.78 is 2.17. The topological polar surface area (TPSA) is 30.7 Å². The first-order valence-corrected chi connectivity index (χ1v) is 5.32. The maximum Gasteiger partial charge on any atom is 0.177 e. The van der Waals surface area contributed by atoms with Crippen molar-refractivity contribution >= 4 is 11.2 Å². The van der Waals surface area contributed by atoms with Crippen LogP contribution in [-0.2, 0) is 6.54 Å². The second-order valence-electron chi connectivity index (χ2n) is 5.09. The monoisotopic (exact) mass is 203 g/mol. The third-order valence-electron chi connectivity index (χ3n) is 2.50. The summed E-state index contributed by atoms with van der Waals surface area (Å²) >= 11 is 0. The molecule has 0 radical (unpaired) electrons. The Morgan fingerprint density at radius 1 is 1.27 bits per heavy atom. The molecule has 3 heteroatoms. The van der Waals surface area contributed by atoms with Gasteiger partial charge in [-0.05, 0) is 24.0 Å². The van der Waals surface area contributed by atoms with E-state index in [1.807, 2.05) is 12.4 Å². The highest BCUT2D eigenvalue weighted by Crippen LogP contribution is 2.20. The van der Waals surface area contributed by atoms with E-state index in [0.717, 1.165) is 24.1 Å². The highest BCUT2D eigenvalue weighted by Gasteiger charge is 2.11. The van der Waals surface area contributed by atoms with Crippen LogP contribution in [0.4, 0.5) is 0 Å². The van der Waals surface area contributed by atoms with E-state index in [4.69, 9.17) is 0 Å². The molecular formula is C12H17N3. The van der Waals surface area contributed by atoms with Gasteiger partial charge in [0, 0.05) is 12.7 Å². The average molecular weight is 203 g/mol. The van der Waals surface area contributed by atoms with E-state index in [0.29, 0.717) is 5.41 Å². The number of hydrogen-bond acceptors (Lipinski definition) is 2. The molecule has 0 amide bonds. The van der Waals surface area contributed by atoms with Gasteiger partial charge < -0.3 is 4.57 Å². The molecule has 0 spiro atoms. The van der Waals surface area contributed by atoms with Gasteiger partial charge in [0.25, 0.3) is 0 Å². The van der Waals surface area contributed by atoms with Crippen molar-refractivity contribution in [3.63, 3.8) is 0 Å². The number of aryl methyl sites for hydroxylation is 1. The summed E-state index contributed by atoms with van der Waals surface area (Å²) in [5.74, 6) is 0. The van der Waals surface area contributed by atoms with Crippen molar-refractivity contribution in [3.8, 4) is 0 Å².